The van der Waals surface area contributed by atoms with Crippen molar-refractivity contribution < 1.29 is 14.7 Å². The maximum atomic E-state index is 11.3. The quantitative estimate of drug-likeness (QED) is 0.685. The highest BCUT2D eigenvalue weighted by atomic mass is 16.4. The lowest BCUT2D eigenvalue weighted by Crippen LogP contribution is -2.45. The summed E-state index contributed by atoms with van der Waals surface area (Å²) in [5.74, 6) is -1.12. The molecule has 0 saturated carbocycles. The van der Waals surface area contributed by atoms with Crippen LogP contribution in [0.3, 0.4) is 0 Å². The molecule has 0 aromatic rings. The summed E-state index contributed by atoms with van der Waals surface area (Å²) in [5.41, 5.74) is -0.199. The maximum Gasteiger partial charge on any atom is 0.303 e. The predicted octanol–water partition coefficient (Wildman–Crippen LogP) is 1.55. The first kappa shape index (κ1) is 12.9. The van der Waals surface area contributed by atoms with Gasteiger partial charge < -0.3 is 10.4 Å². The molecule has 0 aromatic carbocycles. The molecule has 0 rings (SSSR count). The summed E-state index contributed by atoms with van der Waals surface area (Å²) in [4.78, 5) is 21.5. The fourth-order valence-electron chi connectivity index (χ4n) is 1.05. The predicted molar refractivity (Wildman–Crippen MR) is 54.0 cm³/mol. The number of carboxylic acids is 1. The van der Waals surface area contributed by atoms with Crippen LogP contribution in [0.5, 0.6) is 0 Å². The van der Waals surface area contributed by atoms with Gasteiger partial charge in [-0.25, -0.2) is 0 Å². The Balaban J connectivity index is 3.97. The van der Waals surface area contributed by atoms with Crippen LogP contribution in [0.15, 0.2) is 0 Å². The van der Waals surface area contributed by atoms with Crippen molar-refractivity contribution >= 4 is 11.9 Å². The molecule has 0 radical (unpaired) electrons. The zero-order chi connectivity index (χ0) is 11.2. The maximum absolute atomic E-state index is 11.3. The van der Waals surface area contributed by atoms with Gasteiger partial charge in [0.1, 0.15) is 0 Å². The molecule has 0 bridgehead atoms. The van der Waals surface area contributed by atoms with E-state index in [9.17, 15) is 9.59 Å². The van der Waals surface area contributed by atoms with Crippen LogP contribution in [0.2, 0.25) is 0 Å². The zero-order valence-electron chi connectivity index (χ0n) is 9.09. The SMILES string of the molecule is CCC(C)(CC)NC(=O)CCC(=O)O. The first-order chi connectivity index (χ1) is 6.43. The third-order valence-corrected chi connectivity index (χ3v) is 2.57. The fraction of sp³-hybridized carbons (Fsp3) is 0.800. The van der Waals surface area contributed by atoms with E-state index in [2.05, 4.69) is 5.32 Å². The molecule has 0 saturated heterocycles. The minimum absolute atomic E-state index is 0.0604. The van der Waals surface area contributed by atoms with Crippen molar-refractivity contribution in [3.8, 4) is 0 Å². The molecule has 0 aliphatic rings. The van der Waals surface area contributed by atoms with Gasteiger partial charge in [0.2, 0.25) is 5.91 Å². The van der Waals surface area contributed by atoms with E-state index in [4.69, 9.17) is 5.11 Å². The lowest BCUT2D eigenvalue weighted by molar-refractivity contribution is -0.139. The summed E-state index contributed by atoms with van der Waals surface area (Å²) in [5, 5.41) is 11.2. The van der Waals surface area contributed by atoms with E-state index in [1.165, 1.54) is 0 Å². The lowest BCUT2D eigenvalue weighted by Gasteiger charge is -2.28. The van der Waals surface area contributed by atoms with Crippen LogP contribution in [-0.4, -0.2) is 22.5 Å². The second-order valence-electron chi connectivity index (χ2n) is 3.71. The smallest absolute Gasteiger partial charge is 0.303 e. The first-order valence-corrected chi connectivity index (χ1v) is 4.96. The number of aliphatic carboxylic acids is 1. The fourth-order valence-corrected chi connectivity index (χ4v) is 1.05. The van der Waals surface area contributed by atoms with Crippen molar-refractivity contribution in [2.45, 2.75) is 52.0 Å². The largest absolute Gasteiger partial charge is 0.481 e. The van der Waals surface area contributed by atoms with E-state index >= 15 is 0 Å². The van der Waals surface area contributed by atoms with Crippen LogP contribution in [0.1, 0.15) is 46.5 Å². The molecule has 4 heteroatoms. The van der Waals surface area contributed by atoms with Crippen LogP contribution in [-0.2, 0) is 9.59 Å². The van der Waals surface area contributed by atoms with Crippen molar-refractivity contribution in [2.24, 2.45) is 0 Å². The van der Waals surface area contributed by atoms with Crippen LogP contribution in [0.25, 0.3) is 0 Å². The molecule has 0 aliphatic carbocycles. The van der Waals surface area contributed by atoms with Crippen molar-refractivity contribution in [3.05, 3.63) is 0 Å². The third kappa shape index (κ3) is 4.84. The molecule has 0 aromatic heterocycles. The topological polar surface area (TPSA) is 66.4 Å². The van der Waals surface area contributed by atoms with E-state index in [1.54, 1.807) is 0 Å². The molecular formula is C10H19NO3. The number of hydrogen-bond donors (Lipinski definition) is 2. The Labute approximate surface area is 84.7 Å². The first-order valence-electron chi connectivity index (χ1n) is 4.96. The summed E-state index contributed by atoms with van der Waals surface area (Å²) in [6, 6.07) is 0. The average Bonchev–Trinajstić information content (AvgIpc) is 2.14. The summed E-state index contributed by atoms with van der Waals surface area (Å²) in [6.07, 6.45) is 1.66. The molecule has 4 nitrogen and oxygen atoms in total. The number of carbonyl (C=O) groups is 2. The average molecular weight is 201 g/mol. The van der Waals surface area contributed by atoms with Gasteiger partial charge in [0, 0.05) is 12.0 Å². The summed E-state index contributed by atoms with van der Waals surface area (Å²) in [6.45, 7) is 5.97. The van der Waals surface area contributed by atoms with Gasteiger partial charge in [0.25, 0.3) is 0 Å². The monoisotopic (exact) mass is 201 g/mol. The number of nitrogens with one attached hydrogen (secondary N) is 1. The molecule has 0 heterocycles. The molecule has 0 atom stereocenters. The lowest BCUT2D eigenvalue weighted by atomic mass is 9.95. The molecule has 82 valence electrons. The number of carbonyl (C=O) groups excluding carboxylic acids is 1. The number of rotatable bonds is 6. The second kappa shape index (κ2) is 5.62. The minimum atomic E-state index is -0.935. The molecule has 0 unspecified atom stereocenters. The van der Waals surface area contributed by atoms with Gasteiger partial charge in [0.05, 0.1) is 6.42 Å². The van der Waals surface area contributed by atoms with Gasteiger partial charge in [-0.2, -0.15) is 0 Å². The Morgan fingerprint density at radius 1 is 1.21 bits per heavy atom. The summed E-state index contributed by atoms with van der Waals surface area (Å²) < 4.78 is 0. The third-order valence-electron chi connectivity index (χ3n) is 2.57. The Morgan fingerprint density at radius 3 is 2.07 bits per heavy atom. The zero-order valence-corrected chi connectivity index (χ0v) is 9.09. The standard InChI is InChI=1S/C10H19NO3/c1-4-10(3,5-2)11-8(12)6-7-9(13)14/h4-7H2,1-3H3,(H,11,12)(H,13,14). The summed E-state index contributed by atoms with van der Waals surface area (Å²) >= 11 is 0. The summed E-state index contributed by atoms with van der Waals surface area (Å²) in [7, 11) is 0. The molecule has 2 N–H and O–H groups in total. The van der Waals surface area contributed by atoms with E-state index in [0.717, 1.165) is 12.8 Å². The Kier molecular flexibility index (Phi) is 5.20. The van der Waals surface area contributed by atoms with Gasteiger partial charge >= 0.3 is 5.97 Å². The van der Waals surface area contributed by atoms with E-state index in [-0.39, 0.29) is 24.3 Å². The molecular weight excluding hydrogens is 182 g/mol. The van der Waals surface area contributed by atoms with Crippen LogP contribution < -0.4 is 5.32 Å². The van der Waals surface area contributed by atoms with Crippen LogP contribution in [0.4, 0.5) is 0 Å². The number of hydrogen-bond acceptors (Lipinski definition) is 2. The molecule has 0 aliphatic heterocycles. The highest BCUT2D eigenvalue weighted by Gasteiger charge is 2.21. The van der Waals surface area contributed by atoms with Crippen LogP contribution >= 0.6 is 0 Å². The van der Waals surface area contributed by atoms with Gasteiger partial charge in [0.15, 0.2) is 0 Å². The van der Waals surface area contributed by atoms with Gasteiger partial charge in [-0.15, -0.1) is 0 Å². The van der Waals surface area contributed by atoms with E-state index in [1.807, 2.05) is 20.8 Å². The highest BCUT2D eigenvalue weighted by Crippen LogP contribution is 2.13. The minimum Gasteiger partial charge on any atom is -0.481 e. The van der Waals surface area contributed by atoms with E-state index in [0.29, 0.717) is 0 Å². The van der Waals surface area contributed by atoms with Crippen molar-refractivity contribution in [3.63, 3.8) is 0 Å². The molecule has 1 amide bonds. The molecule has 0 spiro atoms. The number of amides is 1. The number of carboxylic acid groups (broad SMARTS) is 1. The van der Waals surface area contributed by atoms with Gasteiger partial charge in [-0.1, -0.05) is 13.8 Å². The Morgan fingerprint density at radius 2 is 1.71 bits per heavy atom. The van der Waals surface area contributed by atoms with Crippen molar-refractivity contribution in [1.82, 2.24) is 5.32 Å². The van der Waals surface area contributed by atoms with Gasteiger partial charge in [-0.3, -0.25) is 9.59 Å². The van der Waals surface area contributed by atoms with Gasteiger partial charge in [-0.05, 0) is 19.8 Å². The van der Waals surface area contributed by atoms with Crippen molar-refractivity contribution in [1.29, 1.82) is 0 Å². The van der Waals surface area contributed by atoms with E-state index < -0.39 is 5.97 Å². The molecule has 0 fully saturated rings. The van der Waals surface area contributed by atoms with Crippen LogP contribution in [0, 0.1) is 0 Å². The Hall–Kier alpha value is -1.06. The van der Waals surface area contributed by atoms with Crippen molar-refractivity contribution in [2.75, 3.05) is 0 Å². The second-order valence-corrected chi connectivity index (χ2v) is 3.71. The Bertz CT molecular complexity index is 209. The molecule has 14 heavy (non-hydrogen) atoms. The normalized spacial score (nSPS) is 11.1. The highest BCUT2D eigenvalue weighted by molar-refractivity contribution is 5.81.